The molecule has 0 radical (unpaired) electrons. The van der Waals surface area contributed by atoms with Crippen LogP contribution >= 0.6 is 0 Å². The number of sulfonamides is 1. The monoisotopic (exact) mass is 493 g/mol. The number of nitrogens with one attached hydrogen (secondary N) is 2. The maximum atomic E-state index is 12.9. The van der Waals surface area contributed by atoms with Gasteiger partial charge in [-0.25, -0.2) is 13.2 Å². The van der Waals surface area contributed by atoms with Crippen molar-refractivity contribution in [1.29, 1.82) is 0 Å². The zero-order valence-corrected chi connectivity index (χ0v) is 20.6. The van der Waals surface area contributed by atoms with Gasteiger partial charge in [-0.05, 0) is 56.9 Å². The van der Waals surface area contributed by atoms with Gasteiger partial charge in [0.2, 0.25) is 21.8 Å². The van der Waals surface area contributed by atoms with Gasteiger partial charge in [-0.1, -0.05) is 19.3 Å². The lowest BCUT2D eigenvalue weighted by Crippen LogP contribution is -2.43. The molecule has 34 heavy (non-hydrogen) atoms. The number of carbonyl (C=O) groups is 3. The number of benzene rings is 1. The first-order chi connectivity index (χ1) is 16.3. The summed E-state index contributed by atoms with van der Waals surface area (Å²) in [5.74, 6) is -0.952. The lowest BCUT2D eigenvalue weighted by atomic mass is 9.95. The molecule has 1 saturated carbocycles. The van der Waals surface area contributed by atoms with Gasteiger partial charge in [0.1, 0.15) is 0 Å². The number of rotatable bonds is 9. The summed E-state index contributed by atoms with van der Waals surface area (Å²) < 4.78 is 32.2. The van der Waals surface area contributed by atoms with E-state index < -0.39 is 16.0 Å². The van der Waals surface area contributed by atoms with Crippen LogP contribution in [0, 0.1) is 5.92 Å². The molecule has 2 amide bonds. The molecular weight excluding hydrogens is 458 g/mol. The van der Waals surface area contributed by atoms with E-state index in [0.717, 1.165) is 25.7 Å². The van der Waals surface area contributed by atoms with Crippen molar-refractivity contribution < 1.29 is 27.5 Å². The second kappa shape index (κ2) is 12.3. The minimum absolute atomic E-state index is 0.0397. The third-order valence-corrected chi connectivity index (χ3v) is 8.36. The molecule has 1 aromatic carbocycles. The Kier molecular flexibility index (Phi) is 9.46. The summed E-state index contributed by atoms with van der Waals surface area (Å²) in [6.45, 7) is 2.71. The molecule has 1 aliphatic heterocycles. The fraction of sp³-hybridized carbons (Fsp3) is 0.625. The third-order valence-electron chi connectivity index (χ3n) is 6.45. The predicted octanol–water partition coefficient (Wildman–Crippen LogP) is 2.22. The highest BCUT2D eigenvalue weighted by molar-refractivity contribution is 7.89. The average Bonchev–Trinajstić information content (AvgIpc) is 2.85. The lowest BCUT2D eigenvalue weighted by molar-refractivity contribution is -0.126. The minimum Gasteiger partial charge on any atom is -0.462 e. The molecule has 2 N–H and O–H groups in total. The molecular formula is C24H35N3O6S. The molecule has 0 bridgehead atoms. The zero-order chi connectivity index (χ0) is 24.6. The highest BCUT2D eigenvalue weighted by Gasteiger charge is 2.32. The number of nitrogens with zero attached hydrogens (tertiary/aromatic N) is 1. The van der Waals surface area contributed by atoms with Gasteiger partial charge in [0, 0.05) is 38.0 Å². The quantitative estimate of drug-likeness (QED) is 0.509. The van der Waals surface area contributed by atoms with Gasteiger partial charge in [0.15, 0.2) is 0 Å². The number of hydrogen-bond donors (Lipinski definition) is 2. The van der Waals surface area contributed by atoms with Crippen molar-refractivity contribution in [1.82, 2.24) is 14.9 Å². The number of carbonyl (C=O) groups excluding carboxylic acids is 3. The van der Waals surface area contributed by atoms with E-state index in [-0.39, 0.29) is 61.3 Å². The molecule has 0 spiro atoms. The van der Waals surface area contributed by atoms with Gasteiger partial charge in [0.05, 0.1) is 17.1 Å². The Morgan fingerprint density at radius 3 is 2.26 bits per heavy atom. The maximum absolute atomic E-state index is 12.9. The van der Waals surface area contributed by atoms with Crippen molar-refractivity contribution in [2.75, 3.05) is 26.2 Å². The van der Waals surface area contributed by atoms with E-state index in [1.807, 2.05) is 0 Å². The Morgan fingerprint density at radius 1 is 1.00 bits per heavy atom. The highest BCUT2D eigenvalue weighted by atomic mass is 32.2. The van der Waals surface area contributed by atoms with Crippen LogP contribution in [0.15, 0.2) is 29.2 Å². The van der Waals surface area contributed by atoms with Crippen LogP contribution in [0.4, 0.5) is 0 Å². The van der Waals surface area contributed by atoms with Crippen LogP contribution < -0.4 is 10.6 Å². The first kappa shape index (κ1) is 26.2. The minimum atomic E-state index is -3.71. The van der Waals surface area contributed by atoms with Crippen molar-refractivity contribution >= 4 is 27.8 Å². The predicted molar refractivity (Wildman–Crippen MR) is 127 cm³/mol. The van der Waals surface area contributed by atoms with E-state index in [1.54, 1.807) is 6.92 Å². The standard InChI is InChI=1S/C24H35N3O6S/c1-2-33-24(30)19-8-10-21(11-9-19)34(31,32)27-16-13-18(14-17-27)23(29)25-15-12-22(28)26-20-6-4-3-5-7-20/h8-11,18,20H,2-7,12-17H2,1H3,(H,25,29)(H,26,28). The normalized spacial score (nSPS) is 18.3. The second-order valence-corrected chi connectivity index (χ2v) is 10.8. The molecule has 9 nitrogen and oxygen atoms in total. The van der Waals surface area contributed by atoms with E-state index in [1.165, 1.54) is 35.0 Å². The summed E-state index contributed by atoms with van der Waals surface area (Å²) in [5.41, 5.74) is 0.295. The molecule has 0 atom stereocenters. The smallest absolute Gasteiger partial charge is 0.338 e. The Balaban J connectivity index is 1.42. The van der Waals surface area contributed by atoms with Gasteiger partial charge < -0.3 is 15.4 Å². The van der Waals surface area contributed by atoms with Crippen molar-refractivity contribution in [3.05, 3.63) is 29.8 Å². The fourth-order valence-corrected chi connectivity index (χ4v) is 5.94. The number of ether oxygens (including phenoxy) is 1. The van der Waals surface area contributed by atoms with E-state index in [4.69, 9.17) is 4.74 Å². The summed E-state index contributed by atoms with van der Waals surface area (Å²) in [4.78, 5) is 36.5. The summed E-state index contributed by atoms with van der Waals surface area (Å²) in [6.07, 6.45) is 6.65. The van der Waals surface area contributed by atoms with Crippen LogP contribution in [0.1, 0.15) is 68.6 Å². The summed E-state index contributed by atoms with van der Waals surface area (Å²) in [6, 6.07) is 5.94. The largest absolute Gasteiger partial charge is 0.462 e. The van der Waals surface area contributed by atoms with Crippen LogP contribution in [0.5, 0.6) is 0 Å². The second-order valence-electron chi connectivity index (χ2n) is 8.87. The molecule has 10 heteroatoms. The van der Waals surface area contributed by atoms with Crippen LogP contribution in [0.25, 0.3) is 0 Å². The zero-order valence-electron chi connectivity index (χ0n) is 19.8. The SMILES string of the molecule is CCOC(=O)c1ccc(S(=O)(=O)N2CCC(C(=O)NCCC(=O)NC3CCCCC3)CC2)cc1. The van der Waals surface area contributed by atoms with Crippen molar-refractivity contribution in [3.8, 4) is 0 Å². The summed E-state index contributed by atoms with van der Waals surface area (Å²) >= 11 is 0. The summed E-state index contributed by atoms with van der Waals surface area (Å²) in [7, 11) is -3.71. The molecule has 2 aliphatic rings. The van der Waals surface area contributed by atoms with Crippen molar-refractivity contribution in [2.45, 2.75) is 69.2 Å². The third kappa shape index (κ3) is 7.02. The first-order valence-corrected chi connectivity index (χ1v) is 13.6. The maximum Gasteiger partial charge on any atom is 0.338 e. The number of amides is 2. The Hall–Kier alpha value is -2.46. The molecule has 3 rings (SSSR count). The Morgan fingerprint density at radius 2 is 1.65 bits per heavy atom. The van der Waals surface area contributed by atoms with Gasteiger partial charge >= 0.3 is 5.97 Å². The van der Waals surface area contributed by atoms with Gasteiger partial charge in [-0.15, -0.1) is 0 Å². The van der Waals surface area contributed by atoms with E-state index >= 15 is 0 Å². The fourth-order valence-electron chi connectivity index (χ4n) is 4.48. The lowest BCUT2D eigenvalue weighted by Gasteiger charge is -2.30. The van der Waals surface area contributed by atoms with E-state index in [9.17, 15) is 22.8 Å². The van der Waals surface area contributed by atoms with Gasteiger partial charge in [-0.2, -0.15) is 4.31 Å². The van der Waals surface area contributed by atoms with Crippen LogP contribution in [0.2, 0.25) is 0 Å². The molecule has 1 aromatic rings. The van der Waals surface area contributed by atoms with E-state index in [2.05, 4.69) is 10.6 Å². The molecule has 0 aromatic heterocycles. The Labute approximate surface area is 201 Å². The van der Waals surface area contributed by atoms with Crippen molar-refractivity contribution in [3.63, 3.8) is 0 Å². The van der Waals surface area contributed by atoms with Crippen LogP contribution in [0.3, 0.4) is 0 Å². The van der Waals surface area contributed by atoms with Crippen LogP contribution in [-0.2, 0) is 24.3 Å². The highest BCUT2D eigenvalue weighted by Crippen LogP contribution is 2.24. The number of esters is 1. The molecule has 1 heterocycles. The first-order valence-electron chi connectivity index (χ1n) is 12.2. The van der Waals surface area contributed by atoms with Crippen molar-refractivity contribution in [2.24, 2.45) is 5.92 Å². The number of hydrogen-bond acceptors (Lipinski definition) is 6. The topological polar surface area (TPSA) is 122 Å². The summed E-state index contributed by atoms with van der Waals surface area (Å²) in [5, 5.41) is 5.86. The Bertz CT molecular complexity index is 949. The number of piperidine rings is 1. The average molecular weight is 494 g/mol. The van der Waals surface area contributed by atoms with Crippen LogP contribution in [-0.4, -0.2) is 62.8 Å². The molecule has 1 saturated heterocycles. The molecule has 1 aliphatic carbocycles. The molecule has 188 valence electrons. The molecule has 2 fully saturated rings. The van der Waals surface area contributed by atoms with Gasteiger partial charge in [-0.3, -0.25) is 9.59 Å². The molecule has 0 unspecified atom stereocenters. The van der Waals surface area contributed by atoms with Gasteiger partial charge in [0.25, 0.3) is 0 Å². The van der Waals surface area contributed by atoms with E-state index in [0.29, 0.717) is 18.4 Å².